The molecule has 5 aliphatic carbocycles. The van der Waals surface area contributed by atoms with Gasteiger partial charge in [-0.1, -0.05) is 58.9 Å². The van der Waals surface area contributed by atoms with E-state index in [0.717, 1.165) is 24.8 Å². The SMILES string of the molecule is C=C(C)[C@@H]1CC[C@]2(N)CC[C@]3(C)[C@H](CC[C@@H]4[C@@]5(C)CC=C(c6ccc(C(=O)OC)c(F)c6)C(C)(C)[C@@H]5CC[C@]43C)[C@@H]12.Cl. The summed E-state index contributed by atoms with van der Waals surface area (Å²) in [6, 6.07) is 5.04. The summed E-state index contributed by atoms with van der Waals surface area (Å²) in [4.78, 5) is 12.0. The van der Waals surface area contributed by atoms with E-state index >= 15 is 4.39 Å². The average molecular weight is 598 g/mol. The molecule has 0 heterocycles. The summed E-state index contributed by atoms with van der Waals surface area (Å²) in [6.45, 7) is 19.3. The first-order valence-electron chi connectivity index (χ1n) is 16.2. The third-order valence-electron chi connectivity index (χ3n) is 14.4. The topological polar surface area (TPSA) is 52.3 Å². The maximum atomic E-state index is 15.0. The number of benzene rings is 1. The van der Waals surface area contributed by atoms with Crippen molar-refractivity contribution in [3.63, 3.8) is 0 Å². The Morgan fingerprint density at radius 2 is 1.69 bits per heavy atom. The van der Waals surface area contributed by atoms with Crippen molar-refractivity contribution in [1.82, 2.24) is 0 Å². The molecule has 1 aromatic rings. The standard InChI is InChI=1S/C37H52FNO2.ClH/c1-22(2)24-13-18-37(39)20-19-35(6)27(31(24)37)11-12-30-34(5)16-14-26(33(3,4)29(34)15-17-36(30,35)7)23-9-10-25(28(38)21-23)32(40)41-8;/h9-10,14,21,24,27,29-31H,1,11-13,15-20,39H2,2-8H3;1H/t24-,27+,29-,30+,31+,34-,35+,36+,37-;/m0./s1. The van der Waals surface area contributed by atoms with Crippen LogP contribution in [0.2, 0.25) is 0 Å². The molecular weight excluding hydrogens is 545 g/mol. The Morgan fingerprint density at radius 3 is 2.33 bits per heavy atom. The maximum Gasteiger partial charge on any atom is 0.340 e. The predicted molar refractivity (Wildman–Crippen MR) is 172 cm³/mol. The normalized spacial score (nSPS) is 43.5. The molecule has 5 heteroatoms. The van der Waals surface area contributed by atoms with Crippen molar-refractivity contribution < 1.29 is 13.9 Å². The minimum Gasteiger partial charge on any atom is -0.465 e. The van der Waals surface area contributed by atoms with Gasteiger partial charge in [0.05, 0.1) is 12.7 Å². The van der Waals surface area contributed by atoms with Crippen molar-refractivity contribution in [3.05, 3.63) is 53.4 Å². The van der Waals surface area contributed by atoms with Crippen molar-refractivity contribution in [3.8, 4) is 0 Å². The van der Waals surface area contributed by atoms with Crippen molar-refractivity contribution in [2.75, 3.05) is 7.11 Å². The van der Waals surface area contributed by atoms with E-state index in [0.29, 0.717) is 29.6 Å². The van der Waals surface area contributed by atoms with Crippen LogP contribution in [0, 0.1) is 57.1 Å². The van der Waals surface area contributed by atoms with E-state index in [1.807, 2.05) is 6.07 Å². The second-order valence-corrected chi connectivity index (χ2v) is 16.1. The number of carbonyl (C=O) groups excluding carboxylic acids is 1. The molecular formula is C37H53ClFNO2. The monoisotopic (exact) mass is 597 g/mol. The molecule has 42 heavy (non-hydrogen) atoms. The minimum absolute atomic E-state index is 0. The number of halogens is 2. The van der Waals surface area contributed by atoms with E-state index in [2.05, 4.69) is 54.2 Å². The number of methoxy groups -OCH3 is 1. The summed E-state index contributed by atoms with van der Waals surface area (Å²) < 4.78 is 19.8. The number of allylic oxidation sites excluding steroid dienone is 3. The Balaban J connectivity index is 0.00000353. The Hall–Kier alpha value is -1.65. The zero-order chi connectivity index (χ0) is 29.8. The fraction of sp³-hybridized carbons (Fsp3) is 0.703. The summed E-state index contributed by atoms with van der Waals surface area (Å²) in [5, 5.41) is 0. The van der Waals surface area contributed by atoms with Gasteiger partial charge in [-0.15, -0.1) is 12.4 Å². The van der Waals surface area contributed by atoms with E-state index < -0.39 is 11.8 Å². The second kappa shape index (κ2) is 10.2. The first kappa shape index (κ1) is 31.8. The largest absolute Gasteiger partial charge is 0.465 e. The molecule has 1 aromatic carbocycles. The smallest absolute Gasteiger partial charge is 0.340 e. The molecule has 2 N–H and O–H groups in total. The molecule has 0 spiro atoms. The van der Waals surface area contributed by atoms with E-state index in [1.165, 1.54) is 56.8 Å². The van der Waals surface area contributed by atoms with Crippen molar-refractivity contribution in [1.29, 1.82) is 0 Å². The molecule has 6 rings (SSSR count). The third-order valence-corrected chi connectivity index (χ3v) is 14.4. The third kappa shape index (κ3) is 4.09. The highest BCUT2D eigenvalue weighted by Crippen LogP contribution is 2.76. The predicted octanol–water partition coefficient (Wildman–Crippen LogP) is 9.40. The van der Waals surface area contributed by atoms with Crippen LogP contribution in [0.4, 0.5) is 4.39 Å². The van der Waals surface area contributed by atoms with Gasteiger partial charge in [0, 0.05) is 5.54 Å². The molecule has 0 bridgehead atoms. The molecule has 232 valence electrons. The molecule has 0 saturated heterocycles. The van der Waals surface area contributed by atoms with Crippen LogP contribution in [0.3, 0.4) is 0 Å². The van der Waals surface area contributed by atoms with Crippen LogP contribution in [-0.2, 0) is 4.74 Å². The molecule has 9 atom stereocenters. The molecule has 3 nitrogen and oxygen atoms in total. The van der Waals surface area contributed by atoms with Crippen LogP contribution < -0.4 is 5.73 Å². The second-order valence-electron chi connectivity index (χ2n) is 16.1. The number of esters is 1. The van der Waals surface area contributed by atoms with Crippen LogP contribution in [0.15, 0.2) is 36.4 Å². The molecule has 4 fully saturated rings. The number of hydrogen-bond donors (Lipinski definition) is 1. The van der Waals surface area contributed by atoms with Gasteiger partial charge in [0.15, 0.2) is 0 Å². The Labute approximate surface area is 259 Å². The Kier molecular flexibility index (Phi) is 7.71. The Morgan fingerprint density at radius 1 is 0.976 bits per heavy atom. The van der Waals surface area contributed by atoms with Gasteiger partial charge in [-0.25, -0.2) is 9.18 Å². The maximum absolute atomic E-state index is 15.0. The van der Waals surface area contributed by atoms with Crippen LogP contribution in [0.1, 0.15) is 115 Å². The van der Waals surface area contributed by atoms with Gasteiger partial charge in [-0.3, -0.25) is 0 Å². The minimum atomic E-state index is -0.629. The quantitative estimate of drug-likeness (QED) is 0.279. The van der Waals surface area contributed by atoms with Crippen LogP contribution in [0.25, 0.3) is 5.57 Å². The first-order valence-corrected chi connectivity index (χ1v) is 16.2. The van der Waals surface area contributed by atoms with Crippen LogP contribution >= 0.6 is 12.4 Å². The highest BCUT2D eigenvalue weighted by Gasteiger charge is 2.70. The number of hydrogen-bond acceptors (Lipinski definition) is 3. The van der Waals surface area contributed by atoms with Crippen molar-refractivity contribution in [2.24, 2.45) is 57.0 Å². The van der Waals surface area contributed by atoms with E-state index in [1.54, 1.807) is 12.1 Å². The van der Waals surface area contributed by atoms with Crippen molar-refractivity contribution >= 4 is 23.9 Å². The number of ether oxygens (including phenoxy) is 1. The molecule has 4 saturated carbocycles. The molecule has 0 aliphatic heterocycles. The first-order chi connectivity index (χ1) is 19.1. The highest BCUT2D eigenvalue weighted by atomic mass is 35.5. The molecule has 0 radical (unpaired) electrons. The number of carbonyl (C=O) groups is 1. The summed E-state index contributed by atoms with van der Waals surface area (Å²) in [6.07, 6.45) is 13.2. The summed E-state index contributed by atoms with van der Waals surface area (Å²) >= 11 is 0. The fourth-order valence-corrected chi connectivity index (χ4v) is 12.3. The highest BCUT2D eigenvalue weighted by molar-refractivity contribution is 5.90. The van der Waals surface area contributed by atoms with E-state index in [4.69, 9.17) is 10.5 Å². The van der Waals surface area contributed by atoms with Gasteiger partial charge in [0.25, 0.3) is 0 Å². The molecule has 0 aromatic heterocycles. The lowest BCUT2D eigenvalue weighted by Crippen LogP contribution is -2.67. The average Bonchev–Trinajstić information content (AvgIpc) is 3.26. The summed E-state index contributed by atoms with van der Waals surface area (Å²) in [5.74, 6) is 1.85. The lowest BCUT2D eigenvalue weighted by molar-refractivity contribution is -0.217. The van der Waals surface area contributed by atoms with Gasteiger partial charge >= 0.3 is 5.97 Å². The number of nitrogens with two attached hydrogens (primary N) is 1. The van der Waals surface area contributed by atoms with Gasteiger partial charge in [0.2, 0.25) is 0 Å². The fourth-order valence-electron chi connectivity index (χ4n) is 12.3. The molecule has 5 aliphatic rings. The number of fused-ring (bicyclic) bond motifs is 7. The van der Waals surface area contributed by atoms with E-state index in [9.17, 15) is 4.79 Å². The van der Waals surface area contributed by atoms with Crippen LogP contribution in [-0.4, -0.2) is 18.6 Å². The van der Waals surface area contributed by atoms with E-state index in [-0.39, 0.29) is 45.2 Å². The van der Waals surface area contributed by atoms with Crippen molar-refractivity contribution in [2.45, 2.75) is 105 Å². The van der Waals surface area contributed by atoms with Crippen LogP contribution in [0.5, 0.6) is 0 Å². The Bertz CT molecular complexity index is 1320. The zero-order valence-corrected chi connectivity index (χ0v) is 27.8. The van der Waals surface area contributed by atoms with Gasteiger partial charge in [0.1, 0.15) is 5.82 Å². The van der Waals surface area contributed by atoms with Gasteiger partial charge in [-0.2, -0.15) is 0 Å². The lowest BCUT2D eigenvalue weighted by Gasteiger charge is -2.72. The number of rotatable bonds is 3. The summed E-state index contributed by atoms with van der Waals surface area (Å²) in [7, 11) is 1.29. The molecule has 0 amide bonds. The lowest BCUT2D eigenvalue weighted by atomic mass is 9.33. The van der Waals surface area contributed by atoms with Gasteiger partial charge in [-0.05, 0) is 139 Å². The summed E-state index contributed by atoms with van der Waals surface area (Å²) in [5.41, 5.74) is 11.4. The zero-order valence-electron chi connectivity index (χ0n) is 26.9. The van der Waals surface area contributed by atoms with Gasteiger partial charge < -0.3 is 10.5 Å². The molecule has 0 unspecified atom stereocenters.